The van der Waals surface area contributed by atoms with Crippen molar-refractivity contribution in [2.45, 2.75) is 0 Å². The number of nitrogens with zero attached hydrogens (tertiary/aromatic N) is 1. The van der Waals surface area contributed by atoms with E-state index in [4.69, 9.17) is 13.3 Å². The van der Waals surface area contributed by atoms with E-state index in [1.165, 1.54) is 11.1 Å². The van der Waals surface area contributed by atoms with Crippen LogP contribution in [0.1, 0.15) is 0 Å². The number of anilines is 3. The third kappa shape index (κ3) is 3.99. The van der Waals surface area contributed by atoms with Gasteiger partial charge in [0.1, 0.15) is 33.5 Å². The molecule has 0 unspecified atom stereocenters. The van der Waals surface area contributed by atoms with E-state index in [-0.39, 0.29) is 0 Å². The van der Waals surface area contributed by atoms with Gasteiger partial charge in [-0.2, -0.15) is 0 Å². The monoisotopic (exact) mass is 641 g/mol. The van der Waals surface area contributed by atoms with Crippen LogP contribution in [-0.2, 0) is 0 Å². The van der Waals surface area contributed by atoms with E-state index < -0.39 is 0 Å². The van der Waals surface area contributed by atoms with Gasteiger partial charge in [0.15, 0.2) is 0 Å². The van der Waals surface area contributed by atoms with Crippen molar-refractivity contribution >= 4 is 93.7 Å². The molecule has 3 aromatic heterocycles. The quantitative estimate of drug-likeness (QED) is 0.192. The fourth-order valence-corrected chi connectivity index (χ4v) is 7.72. The largest absolute Gasteiger partial charge is 0.456 e. The Hall–Kier alpha value is -6.78. The average Bonchev–Trinajstić information content (AvgIpc) is 3.86. The third-order valence-corrected chi connectivity index (χ3v) is 10.1. The summed E-state index contributed by atoms with van der Waals surface area (Å²) >= 11 is 0. The van der Waals surface area contributed by atoms with Crippen LogP contribution < -0.4 is 4.90 Å². The molecule has 0 saturated heterocycles. The van der Waals surface area contributed by atoms with Crippen LogP contribution in [0.25, 0.3) is 87.7 Å². The highest BCUT2D eigenvalue weighted by Crippen LogP contribution is 2.45. The SMILES string of the molecule is c1ccc(-c2ccc(N(c3ccc4c(c3)oc3ccccc34)c3ccc4oc5ccc6oc7c8ccccc8ccc7c6c5c4c3)cc2)cc1. The summed E-state index contributed by atoms with van der Waals surface area (Å²) in [6, 6.07) is 57.2. The Morgan fingerprint density at radius 3 is 1.78 bits per heavy atom. The number of para-hydroxylation sites is 1. The van der Waals surface area contributed by atoms with Gasteiger partial charge >= 0.3 is 0 Å². The fourth-order valence-electron chi connectivity index (χ4n) is 7.72. The topological polar surface area (TPSA) is 42.7 Å². The lowest BCUT2D eigenvalue weighted by Gasteiger charge is -2.25. The molecular formula is C46H27NO3. The van der Waals surface area contributed by atoms with Crippen LogP contribution in [0.2, 0.25) is 0 Å². The van der Waals surface area contributed by atoms with Gasteiger partial charge in [-0.1, -0.05) is 91.0 Å². The average molecular weight is 642 g/mol. The highest BCUT2D eigenvalue weighted by atomic mass is 16.3. The molecule has 0 N–H and O–H groups in total. The van der Waals surface area contributed by atoms with Crippen molar-refractivity contribution in [2.75, 3.05) is 4.90 Å². The van der Waals surface area contributed by atoms with Gasteiger partial charge in [0.25, 0.3) is 0 Å². The second-order valence-electron chi connectivity index (χ2n) is 12.9. The molecule has 0 fully saturated rings. The summed E-state index contributed by atoms with van der Waals surface area (Å²) in [5.41, 5.74) is 10.6. The summed E-state index contributed by atoms with van der Waals surface area (Å²) in [5.74, 6) is 0. The third-order valence-electron chi connectivity index (χ3n) is 10.1. The zero-order valence-electron chi connectivity index (χ0n) is 26.8. The lowest BCUT2D eigenvalue weighted by molar-refractivity contribution is 0.664. The first kappa shape index (κ1) is 27.2. The first-order chi connectivity index (χ1) is 24.8. The van der Waals surface area contributed by atoms with Gasteiger partial charge in [-0.3, -0.25) is 0 Å². The van der Waals surface area contributed by atoms with Crippen LogP contribution in [0, 0.1) is 0 Å². The maximum Gasteiger partial charge on any atom is 0.143 e. The van der Waals surface area contributed by atoms with E-state index in [1.54, 1.807) is 0 Å². The van der Waals surface area contributed by atoms with Crippen LogP contribution in [0.15, 0.2) is 177 Å². The Labute approximate surface area is 286 Å². The summed E-state index contributed by atoms with van der Waals surface area (Å²) in [6.45, 7) is 0. The first-order valence-corrected chi connectivity index (χ1v) is 16.8. The summed E-state index contributed by atoms with van der Waals surface area (Å²) in [5, 5.41) is 8.72. The Morgan fingerprint density at radius 1 is 0.320 bits per heavy atom. The van der Waals surface area contributed by atoms with Gasteiger partial charge in [-0.15, -0.1) is 0 Å². The van der Waals surface area contributed by atoms with Crippen molar-refractivity contribution in [1.82, 2.24) is 0 Å². The maximum atomic E-state index is 6.56. The number of furan rings is 3. The molecule has 0 bridgehead atoms. The van der Waals surface area contributed by atoms with Crippen LogP contribution in [-0.4, -0.2) is 0 Å². The minimum absolute atomic E-state index is 0.832. The van der Waals surface area contributed by atoms with Crippen molar-refractivity contribution < 1.29 is 13.3 Å². The molecule has 0 saturated carbocycles. The highest BCUT2D eigenvalue weighted by Gasteiger charge is 2.21. The number of rotatable bonds is 4. The predicted octanol–water partition coefficient (Wildman–Crippen LogP) is 13.7. The lowest BCUT2D eigenvalue weighted by atomic mass is 10.0. The molecule has 8 aromatic carbocycles. The molecule has 4 nitrogen and oxygen atoms in total. The molecule has 0 aliphatic carbocycles. The Kier molecular flexibility index (Phi) is 5.63. The number of hydrogen-bond donors (Lipinski definition) is 0. The van der Waals surface area contributed by atoms with E-state index in [0.717, 1.165) is 93.7 Å². The van der Waals surface area contributed by atoms with E-state index in [1.807, 2.05) is 30.3 Å². The molecular weight excluding hydrogens is 615 g/mol. The number of fused-ring (bicyclic) bond motifs is 12. The second kappa shape index (κ2) is 10.4. The van der Waals surface area contributed by atoms with Gasteiger partial charge in [-0.05, 0) is 83.2 Å². The van der Waals surface area contributed by atoms with Gasteiger partial charge in [0.2, 0.25) is 0 Å². The predicted molar refractivity (Wildman–Crippen MR) is 206 cm³/mol. The summed E-state index contributed by atoms with van der Waals surface area (Å²) in [6.07, 6.45) is 0. The minimum Gasteiger partial charge on any atom is -0.456 e. The lowest BCUT2D eigenvalue weighted by Crippen LogP contribution is -2.09. The minimum atomic E-state index is 0.832. The highest BCUT2D eigenvalue weighted by molar-refractivity contribution is 6.28. The molecule has 50 heavy (non-hydrogen) atoms. The van der Waals surface area contributed by atoms with Crippen molar-refractivity contribution in [1.29, 1.82) is 0 Å². The normalized spacial score (nSPS) is 12.0. The van der Waals surface area contributed by atoms with Crippen LogP contribution in [0.3, 0.4) is 0 Å². The van der Waals surface area contributed by atoms with Crippen LogP contribution >= 0.6 is 0 Å². The maximum absolute atomic E-state index is 6.56. The first-order valence-electron chi connectivity index (χ1n) is 16.8. The molecule has 11 rings (SSSR count). The van der Waals surface area contributed by atoms with Gasteiger partial charge < -0.3 is 18.2 Å². The fraction of sp³-hybridized carbons (Fsp3) is 0. The zero-order valence-corrected chi connectivity index (χ0v) is 26.8. The Morgan fingerprint density at radius 2 is 0.900 bits per heavy atom. The molecule has 0 aliphatic heterocycles. The molecule has 11 aromatic rings. The van der Waals surface area contributed by atoms with Crippen molar-refractivity contribution in [3.8, 4) is 11.1 Å². The summed E-state index contributed by atoms with van der Waals surface area (Å²) < 4.78 is 19.4. The second-order valence-corrected chi connectivity index (χ2v) is 12.9. The number of benzene rings is 8. The van der Waals surface area contributed by atoms with E-state index >= 15 is 0 Å². The van der Waals surface area contributed by atoms with E-state index in [0.29, 0.717) is 0 Å². The summed E-state index contributed by atoms with van der Waals surface area (Å²) in [7, 11) is 0. The molecule has 234 valence electrons. The van der Waals surface area contributed by atoms with Gasteiger partial charge in [0, 0.05) is 60.8 Å². The smallest absolute Gasteiger partial charge is 0.143 e. The van der Waals surface area contributed by atoms with Crippen LogP contribution in [0.4, 0.5) is 17.1 Å². The molecule has 0 radical (unpaired) electrons. The number of hydrogen-bond acceptors (Lipinski definition) is 4. The molecule has 3 heterocycles. The van der Waals surface area contributed by atoms with Gasteiger partial charge in [-0.25, -0.2) is 0 Å². The van der Waals surface area contributed by atoms with E-state index in [2.05, 4.69) is 138 Å². The van der Waals surface area contributed by atoms with Crippen molar-refractivity contribution in [2.24, 2.45) is 0 Å². The standard InChI is InChI=1S/C46H27NO3/c1-2-8-28(9-3-1)29-14-17-31(18-15-29)47(33-19-22-36-35-12-6-7-13-39(35)49-43(36)27-33)32-20-23-40-38(26-32)45-41(48-40)24-25-42-44(45)37-21-16-30-10-4-5-11-34(30)46(37)50-42/h1-27H. The zero-order chi connectivity index (χ0) is 32.8. The Bertz CT molecular complexity index is 3090. The Balaban J connectivity index is 1.15. The molecule has 0 amide bonds. The molecule has 0 aliphatic rings. The van der Waals surface area contributed by atoms with Crippen molar-refractivity contribution in [3.63, 3.8) is 0 Å². The van der Waals surface area contributed by atoms with Gasteiger partial charge in [0.05, 0.1) is 0 Å². The molecule has 0 atom stereocenters. The molecule has 0 spiro atoms. The molecule has 4 heteroatoms. The van der Waals surface area contributed by atoms with E-state index in [9.17, 15) is 0 Å². The van der Waals surface area contributed by atoms with Crippen LogP contribution in [0.5, 0.6) is 0 Å². The summed E-state index contributed by atoms with van der Waals surface area (Å²) in [4.78, 5) is 2.29. The van der Waals surface area contributed by atoms with Crippen molar-refractivity contribution in [3.05, 3.63) is 164 Å².